The van der Waals surface area contributed by atoms with Crippen molar-refractivity contribution in [3.05, 3.63) is 33.3 Å². The predicted molar refractivity (Wildman–Crippen MR) is 51.7 cm³/mol. The number of hydrogen-bond acceptors (Lipinski definition) is 3. The fourth-order valence-electron chi connectivity index (χ4n) is 1.03. The van der Waals surface area contributed by atoms with Crippen LogP contribution in [0.1, 0.15) is 21.5 Å². The Labute approximate surface area is 88.5 Å². The van der Waals surface area contributed by atoms with Crippen LogP contribution in [0, 0.1) is 11.3 Å². The molecular formula is C9H6BrNO3. The fraction of sp³-hybridized carbons (Fsp3) is 0.111. The van der Waals surface area contributed by atoms with E-state index in [1.165, 1.54) is 12.1 Å². The Hall–Kier alpha value is -1.38. The highest BCUT2D eigenvalue weighted by Crippen LogP contribution is 2.24. The highest BCUT2D eigenvalue weighted by atomic mass is 79.9. The highest BCUT2D eigenvalue weighted by molar-refractivity contribution is 9.10. The lowest BCUT2D eigenvalue weighted by atomic mass is 10.1. The molecule has 0 saturated heterocycles. The van der Waals surface area contributed by atoms with Crippen molar-refractivity contribution in [2.45, 2.75) is 6.61 Å². The molecular weight excluding hydrogens is 250 g/mol. The molecule has 0 aliphatic heterocycles. The number of nitriles is 1. The van der Waals surface area contributed by atoms with E-state index in [-0.39, 0.29) is 17.7 Å². The maximum atomic E-state index is 10.7. The number of aromatic carboxylic acids is 1. The monoisotopic (exact) mass is 255 g/mol. The highest BCUT2D eigenvalue weighted by Gasteiger charge is 2.15. The van der Waals surface area contributed by atoms with Gasteiger partial charge in [0.05, 0.1) is 17.7 Å². The molecule has 0 aliphatic carbocycles. The molecule has 0 aromatic heterocycles. The molecule has 72 valence electrons. The Morgan fingerprint density at radius 1 is 1.57 bits per heavy atom. The lowest BCUT2D eigenvalue weighted by molar-refractivity contribution is 0.0696. The van der Waals surface area contributed by atoms with E-state index in [0.29, 0.717) is 10.0 Å². The average Bonchev–Trinajstić information content (AvgIpc) is 2.17. The Morgan fingerprint density at radius 2 is 2.21 bits per heavy atom. The van der Waals surface area contributed by atoms with Crippen molar-refractivity contribution in [1.29, 1.82) is 5.26 Å². The first-order valence-electron chi connectivity index (χ1n) is 3.67. The molecule has 0 bridgehead atoms. The minimum Gasteiger partial charge on any atom is -0.478 e. The maximum Gasteiger partial charge on any atom is 0.337 e. The summed E-state index contributed by atoms with van der Waals surface area (Å²) in [4.78, 5) is 10.7. The topological polar surface area (TPSA) is 81.3 Å². The Bertz CT molecular complexity index is 423. The molecule has 0 amide bonds. The van der Waals surface area contributed by atoms with Crippen molar-refractivity contribution in [2.24, 2.45) is 0 Å². The zero-order valence-electron chi connectivity index (χ0n) is 6.99. The molecule has 14 heavy (non-hydrogen) atoms. The molecule has 5 heteroatoms. The van der Waals surface area contributed by atoms with Gasteiger partial charge in [-0.2, -0.15) is 5.26 Å². The first-order valence-corrected chi connectivity index (χ1v) is 4.46. The number of carboxylic acid groups (broad SMARTS) is 1. The first-order chi connectivity index (χ1) is 6.61. The summed E-state index contributed by atoms with van der Waals surface area (Å²) < 4.78 is 0.336. The van der Waals surface area contributed by atoms with Crippen molar-refractivity contribution in [3.63, 3.8) is 0 Å². The van der Waals surface area contributed by atoms with Crippen molar-refractivity contribution >= 4 is 21.9 Å². The number of aliphatic hydroxyl groups excluding tert-OH is 1. The number of hydrogen-bond donors (Lipinski definition) is 2. The Kier molecular flexibility index (Phi) is 3.23. The zero-order valence-corrected chi connectivity index (χ0v) is 8.58. The molecule has 4 nitrogen and oxygen atoms in total. The number of aliphatic hydroxyl groups is 1. The van der Waals surface area contributed by atoms with Crippen molar-refractivity contribution in [1.82, 2.24) is 0 Å². The second-order valence-corrected chi connectivity index (χ2v) is 3.33. The van der Waals surface area contributed by atoms with E-state index in [1.807, 2.05) is 0 Å². The number of benzene rings is 1. The third-order valence-corrected chi connectivity index (χ3v) is 2.64. The van der Waals surface area contributed by atoms with Crippen molar-refractivity contribution < 1.29 is 15.0 Å². The van der Waals surface area contributed by atoms with Gasteiger partial charge in [0.15, 0.2) is 0 Å². The van der Waals surface area contributed by atoms with E-state index < -0.39 is 5.97 Å². The number of rotatable bonds is 2. The Morgan fingerprint density at radius 3 is 2.64 bits per heavy atom. The number of carbonyl (C=O) groups is 1. The zero-order chi connectivity index (χ0) is 10.7. The summed E-state index contributed by atoms with van der Waals surface area (Å²) in [5.41, 5.74) is 0.451. The number of carboxylic acids is 1. The van der Waals surface area contributed by atoms with Crippen LogP contribution < -0.4 is 0 Å². The molecule has 1 aromatic carbocycles. The van der Waals surface area contributed by atoms with Crippen LogP contribution in [0.5, 0.6) is 0 Å². The van der Waals surface area contributed by atoms with Crippen LogP contribution in [0.3, 0.4) is 0 Å². The molecule has 0 unspecified atom stereocenters. The molecule has 0 heterocycles. The third-order valence-electron chi connectivity index (χ3n) is 1.73. The van der Waals surface area contributed by atoms with Crippen LogP contribution in [0.2, 0.25) is 0 Å². The maximum absolute atomic E-state index is 10.7. The molecule has 0 aliphatic rings. The van der Waals surface area contributed by atoms with E-state index >= 15 is 0 Å². The molecule has 2 N–H and O–H groups in total. The molecule has 1 rings (SSSR count). The van der Waals surface area contributed by atoms with Crippen molar-refractivity contribution in [3.8, 4) is 6.07 Å². The fourth-order valence-corrected chi connectivity index (χ4v) is 1.59. The van der Waals surface area contributed by atoms with E-state index in [9.17, 15) is 4.79 Å². The van der Waals surface area contributed by atoms with Crippen molar-refractivity contribution in [2.75, 3.05) is 0 Å². The lowest BCUT2D eigenvalue weighted by Gasteiger charge is -2.05. The second kappa shape index (κ2) is 4.22. The minimum absolute atomic E-state index is 0.0315. The molecule has 0 spiro atoms. The van der Waals surface area contributed by atoms with E-state index in [0.717, 1.165) is 0 Å². The SMILES string of the molecule is N#Cc1c(C(=O)O)ccc(CO)c1Br. The second-order valence-electron chi connectivity index (χ2n) is 2.54. The molecule has 1 aromatic rings. The van der Waals surface area contributed by atoms with Gasteiger partial charge in [-0.3, -0.25) is 0 Å². The Balaban J connectivity index is 3.45. The van der Waals surface area contributed by atoms with Gasteiger partial charge in [-0.25, -0.2) is 4.79 Å². The summed E-state index contributed by atoms with van der Waals surface area (Å²) in [7, 11) is 0. The van der Waals surface area contributed by atoms with Gasteiger partial charge in [0, 0.05) is 4.47 Å². The quantitative estimate of drug-likeness (QED) is 0.840. The van der Waals surface area contributed by atoms with Gasteiger partial charge in [0.2, 0.25) is 0 Å². The molecule has 0 saturated carbocycles. The van der Waals surface area contributed by atoms with Crippen LogP contribution in [-0.2, 0) is 6.61 Å². The van der Waals surface area contributed by atoms with Gasteiger partial charge < -0.3 is 10.2 Å². The average molecular weight is 256 g/mol. The van der Waals surface area contributed by atoms with Gasteiger partial charge in [-0.1, -0.05) is 6.07 Å². The van der Waals surface area contributed by atoms with Gasteiger partial charge in [0.25, 0.3) is 0 Å². The summed E-state index contributed by atoms with van der Waals surface area (Å²) in [6, 6.07) is 4.55. The smallest absolute Gasteiger partial charge is 0.337 e. The normalized spacial score (nSPS) is 9.50. The minimum atomic E-state index is -1.16. The predicted octanol–water partition coefficient (Wildman–Crippen LogP) is 1.51. The standard InChI is InChI=1S/C9H6BrNO3/c10-8-5(4-12)1-2-6(9(13)14)7(8)3-11/h1-2,12H,4H2,(H,13,14). The van der Waals surface area contributed by atoms with Crippen LogP contribution >= 0.6 is 15.9 Å². The first kappa shape index (κ1) is 10.7. The summed E-state index contributed by atoms with van der Waals surface area (Å²) >= 11 is 3.07. The van der Waals surface area contributed by atoms with Crippen LogP contribution in [0.15, 0.2) is 16.6 Å². The van der Waals surface area contributed by atoms with Gasteiger partial charge in [0.1, 0.15) is 6.07 Å². The summed E-state index contributed by atoms with van der Waals surface area (Å²) in [5.74, 6) is -1.16. The van der Waals surface area contributed by atoms with Crippen LogP contribution in [-0.4, -0.2) is 16.2 Å². The molecule has 0 atom stereocenters. The third kappa shape index (κ3) is 1.76. The number of halogens is 1. The van der Waals surface area contributed by atoms with Crippen LogP contribution in [0.4, 0.5) is 0 Å². The van der Waals surface area contributed by atoms with E-state index in [1.54, 1.807) is 6.07 Å². The summed E-state index contributed by atoms with van der Waals surface area (Å²) in [5, 5.41) is 26.4. The molecule has 0 radical (unpaired) electrons. The van der Waals surface area contributed by atoms with Gasteiger partial charge >= 0.3 is 5.97 Å². The van der Waals surface area contributed by atoms with E-state index in [4.69, 9.17) is 15.5 Å². The summed E-state index contributed by atoms with van der Waals surface area (Å²) in [6.45, 7) is -0.241. The summed E-state index contributed by atoms with van der Waals surface area (Å²) in [6.07, 6.45) is 0. The van der Waals surface area contributed by atoms with E-state index in [2.05, 4.69) is 15.9 Å². The van der Waals surface area contributed by atoms with Gasteiger partial charge in [-0.05, 0) is 27.6 Å². The largest absolute Gasteiger partial charge is 0.478 e. The molecule has 0 fully saturated rings. The number of nitrogens with zero attached hydrogens (tertiary/aromatic N) is 1. The lowest BCUT2D eigenvalue weighted by Crippen LogP contribution is -2.02. The van der Waals surface area contributed by atoms with Crippen LogP contribution in [0.25, 0.3) is 0 Å². The van der Waals surface area contributed by atoms with Gasteiger partial charge in [-0.15, -0.1) is 0 Å².